The minimum atomic E-state index is -3.80. The van der Waals surface area contributed by atoms with Crippen molar-refractivity contribution in [1.82, 2.24) is 3.97 Å². The molecule has 146 valence electrons. The van der Waals surface area contributed by atoms with Gasteiger partial charge in [-0.05, 0) is 54.7 Å². The summed E-state index contributed by atoms with van der Waals surface area (Å²) in [6.45, 7) is 1.37. The third kappa shape index (κ3) is 3.21. The molecular formula is C21H21NO5S. The summed E-state index contributed by atoms with van der Waals surface area (Å²) >= 11 is 0. The van der Waals surface area contributed by atoms with Crippen LogP contribution in [0.4, 0.5) is 0 Å². The van der Waals surface area contributed by atoms with Crippen molar-refractivity contribution in [3.05, 3.63) is 65.9 Å². The summed E-state index contributed by atoms with van der Waals surface area (Å²) in [7, 11) is -2.51. The lowest BCUT2D eigenvalue weighted by molar-refractivity contribution is 0.0600. The Hall–Kier alpha value is -2.64. The van der Waals surface area contributed by atoms with Gasteiger partial charge in [-0.2, -0.15) is 0 Å². The highest BCUT2D eigenvalue weighted by Gasteiger charge is 2.25. The lowest BCUT2D eigenvalue weighted by Gasteiger charge is -2.21. The zero-order valence-corrected chi connectivity index (χ0v) is 16.3. The van der Waals surface area contributed by atoms with Gasteiger partial charge in [-0.25, -0.2) is 17.2 Å². The molecule has 0 bridgehead atoms. The van der Waals surface area contributed by atoms with Crippen molar-refractivity contribution in [2.45, 2.75) is 23.7 Å². The van der Waals surface area contributed by atoms with Crippen LogP contribution in [0.15, 0.2) is 59.6 Å². The maximum absolute atomic E-state index is 13.3. The molecule has 1 aromatic heterocycles. The van der Waals surface area contributed by atoms with Crippen LogP contribution in [-0.2, 0) is 19.5 Å². The van der Waals surface area contributed by atoms with E-state index in [0.29, 0.717) is 24.3 Å². The standard InChI is InChI=1S/C21H21NO5S/c1-26-21(23)16-6-8-17(9-7-16)28(24,25)22-14-19(15-10-12-27-13-11-15)18-4-2-3-5-20(18)22/h2-9,14-15H,10-13H2,1H3. The molecule has 0 atom stereocenters. The lowest BCUT2D eigenvalue weighted by Crippen LogP contribution is -2.14. The van der Waals surface area contributed by atoms with E-state index in [2.05, 4.69) is 4.74 Å². The zero-order chi connectivity index (χ0) is 19.7. The fourth-order valence-electron chi connectivity index (χ4n) is 3.70. The molecule has 28 heavy (non-hydrogen) atoms. The van der Waals surface area contributed by atoms with E-state index >= 15 is 0 Å². The van der Waals surface area contributed by atoms with Gasteiger partial charge in [-0.15, -0.1) is 0 Å². The second kappa shape index (κ2) is 7.41. The Morgan fingerprint density at radius 3 is 2.43 bits per heavy atom. The van der Waals surface area contributed by atoms with Crippen molar-refractivity contribution in [1.29, 1.82) is 0 Å². The predicted octanol–water partition coefficient (Wildman–Crippen LogP) is 3.56. The number of carbonyl (C=O) groups excluding carboxylic acids is 1. The van der Waals surface area contributed by atoms with Crippen molar-refractivity contribution in [3.63, 3.8) is 0 Å². The summed E-state index contributed by atoms with van der Waals surface area (Å²) in [4.78, 5) is 11.7. The van der Waals surface area contributed by atoms with E-state index in [1.807, 2.05) is 24.3 Å². The molecular weight excluding hydrogens is 378 g/mol. The van der Waals surface area contributed by atoms with Gasteiger partial charge < -0.3 is 9.47 Å². The van der Waals surface area contributed by atoms with Crippen molar-refractivity contribution in [3.8, 4) is 0 Å². The average molecular weight is 399 g/mol. The summed E-state index contributed by atoms with van der Waals surface area (Å²) in [6.07, 6.45) is 3.49. The maximum atomic E-state index is 13.3. The van der Waals surface area contributed by atoms with Crippen LogP contribution in [0.1, 0.15) is 34.7 Å². The molecule has 1 aliphatic rings. The van der Waals surface area contributed by atoms with Gasteiger partial charge in [-0.3, -0.25) is 0 Å². The van der Waals surface area contributed by atoms with E-state index < -0.39 is 16.0 Å². The highest BCUT2D eigenvalue weighted by molar-refractivity contribution is 7.90. The van der Waals surface area contributed by atoms with Gasteiger partial charge in [0.2, 0.25) is 0 Å². The third-order valence-electron chi connectivity index (χ3n) is 5.20. The van der Waals surface area contributed by atoms with E-state index in [1.165, 1.54) is 35.3 Å². The van der Waals surface area contributed by atoms with Crippen molar-refractivity contribution in [2.24, 2.45) is 0 Å². The molecule has 0 radical (unpaired) electrons. The van der Waals surface area contributed by atoms with Gasteiger partial charge in [0.05, 0.1) is 23.1 Å². The van der Waals surface area contributed by atoms with Crippen molar-refractivity contribution >= 4 is 26.9 Å². The molecule has 0 spiro atoms. The minimum absolute atomic E-state index is 0.124. The van der Waals surface area contributed by atoms with Gasteiger partial charge in [0.25, 0.3) is 10.0 Å². The van der Waals surface area contributed by atoms with E-state index in [9.17, 15) is 13.2 Å². The Bertz CT molecular complexity index is 1110. The summed E-state index contributed by atoms with van der Waals surface area (Å²) in [5, 5.41) is 0.948. The number of hydrogen-bond donors (Lipinski definition) is 0. The normalized spacial score (nSPS) is 15.6. The van der Waals surface area contributed by atoms with E-state index in [4.69, 9.17) is 4.74 Å². The number of hydrogen-bond acceptors (Lipinski definition) is 5. The van der Waals surface area contributed by atoms with Gasteiger partial charge >= 0.3 is 5.97 Å². The van der Waals surface area contributed by atoms with Gasteiger partial charge in [0.1, 0.15) is 0 Å². The molecule has 6 nitrogen and oxygen atoms in total. The second-order valence-corrected chi connectivity index (χ2v) is 8.62. The molecule has 0 amide bonds. The molecule has 4 rings (SSSR count). The first-order valence-corrected chi connectivity index (χ1v) is 10.6. The number of carbonyl (C=O) groups is 1. The molecule has 0 saturated carbocycles. The monoisotopic (exact) mass is 399 g/mol. The van der Waals surface area contributed by atoms with Crippen molar-refractivity contribution in [2.75, 3.05) is 20.3 Å². The lowest BCUT2D eigenvalue weighted by atomic mass is 9.91. The summed E-state index contributed by atoms with van der Waals surface area (Å²) in [6, 6.07) is 13.3. The largest absolute Gasteiger partial charge is 0.465 e. The average Bonchev–Trinajstić information content (AvgIpc) is 3.14. The van der Waals surface area contributed by atoms with Crippen LogP contribution in [0.3, 0.4) is 0 Å². The Morgan fingerprint density at radius 1 is 1.07 bits per heavy atom. The predicted molar refractivity (Wildman–Crippen MR) is 105 cm³/mol. The molecule has 3 aromatic rings. The van der Waals surface area contributed by atoms with Crippen LogP contribution < -0.4 is 0 Å². The SMILES string of the molecule is COC(=O)c1ccc(S(=O)(=O)n2cc(C3CCOCC3)c3ccccc32)cc1. The Morgan fingerprint density at radius 2 is 1.75 bits per heavy atom. The number of benzene rings is 2. The number of para-hydroxylation sites is 1. The molecule has 1 saturated heterocycles. The molecule has 1 fully saturated rings. The number of nitrogens with zero attached hydrogens (tertiary/aromatic N) is 1. The first-order chi connectivity index (χ1) is 13.5. The van der Waals surface area contributed by atoms with Gasteiger partial charge in [-0.1, -0.05) is 18.2 Å². The fraction of sp³-hybridized carbons (Fsp3) is 0.286. The van der Waals surface area contributed by atoms with E-state index in [1.54, 1.807) is 6.20 Å². The van der Waals surface area contributed by atoms with E-state index in [0.717, 1.165) is 23.8 Å². The number of methoxy groups -OCH3 is 1. The third-order valence-corrected chi connectivity index (χ3v) is 6.89. The number of ether oxygens (including phenoxy) is 2. The van der Waals surface area contributed by atoms with Gasteiger partial charge in [0, 0.05) is 24.8 Å². The summed E-state index contributed by atoms with van der Waals surface area (Å²) in [5.41, 5.74) is 2.00. The number of rotatable bonds is 4. The van der Waals surface area contributed by atoms with Gasteiger partial charge in [0.15, 0.2) is 0 Å². The molecule has 2 aromatic carbocycles. The van der Waals surface area contributed by atoms with Crippen LogP contribution in [0, 0.1) is 0 Å². The highest BCUT2D eigenvalue weighted by atomic mass is 32.2. The highest BCUT2D eigenvalue weighted by Crippen LogP contribution is 2.35. The molecule has 2 heterocycles. The fourth-order valence-corrected chi connectivity index (χ4v) is 5.08. The van der Waals surface area contributed by atoms with Crippen LogP contribution in [-0.4, -0.2) is 38.7 Å². The van der Waals surface area contributed by atoms with Crippen LogP contribution >= 0.6 is 0 Å². The molecule has 1 aliphatic heterocycles. The first-order valence-electron chi connectivity index (χ1n) is 9.14. The Balaban J connectivity index is 1.80. The Labute approximate surface area is 163 Å². The summed E-state index contributed by atoms with van der Waals surface area (Å²) < 4.78 is 38.1. The topological polar surface area (TPSA) is 74.6 Å². The molecule has 0 aliphatic carbocycles. The number of esters is 1. The second-order valence-electron chi connectivity index (χ2n) is 6.81. The molecule has 0 N–H and O–H groups in total. The quantitative estimate of drug-likeness (QED) is 0.627. The van der Waals surface area contributed by atoms with Crippen LogP contribution in [0.25, 0.3) is 10.9 Å². The number of aromatic nitrogens is 1. The smallest absolute Gasteiger partial charge is 0.337 e. The number of fused-ring (bicyclic) bond motifs is 1. The molecule has 0 unspecified atom stereocenters. The minimum Gasteiger partial charge on any atom is -0.465 e. The van der Waals surface area contributed by atoms with Crippen LogP contribution in [0.5, 0.6) is 0 Å². The first kappa shape index (κ1) is 18.7. The Kier molecular flexibility index (Phi) is 4.95. The maximum Gasteiger partial charge on any atom is 0.337 e. The molecule has 7 heteroatoms. The van der Waals surface area contributed by atoms with Crippen molar-refractivity contribution < 1.29 is 22.7 Å². The van der Waals surface area contributed by atoms with E-state index in [-0.39, 0.29) is 10.8 Å². The van der Waals surface area contributed by atoms with Crippen LogP contribution in [0.2, 0.25) is 0 Å². The zero-order valence-electron chi connectivity index (χ0n) is 15.5. The summed E-state index contributed by atoms with van der Waals surface area (Å²) in [5.74, 6) is -0.228.